The Hall–Kier alpha value is -1.83. The monoisotopic (exact) mass is 429 g/mol. The molecule has 0 aliphatic rings. The number of amides is 1. The summed E-state index contributed by atoms with van der Waals surface area (Å²) in [4.78, 5) is 14.9. The van der Waals surface area contributed by atoms with E-state index in [0.29, 0.717) is 24.7 Å². The van der Waals surface area contributed by atoms with Crippen molar-refractivity contribution in [1.29, 1.82) is 0 Å². The molecule has 6 nitrogen and oxygen atoms in total. The van der Waals surface area contributed by atoms with Gasteiger partial charge in [0.1, 0.15) is 0 Å². The summed E-state index contributed by atoms with van der Waals surface area (Å²) in [5.74, 6) is 0.523. The van der Waals surface area contributed by atoms with E-state index in [1.165, 1.54) is 0 Å². The molecule has 0 fully saturated rings. The fraction of sp³-hybridized carbons (Fsp3) is 0.294. The van der Waals surface area contributed by atoms with Gasteiger partial charge in [-0.3, -0.25) is 9.78 Å². The average Bonchev–Trinajstić information content (AvgIpc) is 2.55. The number of carbonyl (C=O) groups is 1. The van der Waals surface area contributed by atoms with Gasteiger partial charge in [-0.15, -0.1) is 12.4 Å². The summed E-state index contributed by atoms with van der Waals surface area (Å²) in [7, 11) is 0. The highest BCUT2D eigenvalue weighted by Gasteiger charge is 2.13. The second kappa shape index (κ2) is 10.9. The Balaban J connectivity index is 0.00000312. The van der Waals surface area contributed by atoms with Crippen LogP contribution in [-0.2, 0) is 17.9 Å². The van der Waals surface area contributed by atoms with E-state index in [-0.39, 0.29) is 19.0 Å². The van der Waals surface area contributed by atoms with Crippen LogP contribution in [0, 0.1) is 0 Å². The van der Waals surface area contributed by atoms with Gasteiger partial charge in [-0.1, -0.05) is 0 Å². The first kappa shape index (κ1) is 21.2. The molecule has 0 saturated heterocycles. The lowest BCUT2D eigenvalue weighted by Gasteiger charge is -2.15. The van der Waals surface area contributed by atoms with Crippen LogP contribution in [0.25, 0.3) is 0 Å². The van der Waals surface area contributed by atoms with Crippen LogP contribution in [0.2, 0.25) is 0 Å². The molecule has 2 aromatic rings. The Labute approximate surface area is 161 Å². The number of rotatable bonds is 9. The Morgan fingerprint density at radius 2 is 1.88 bits per heavy atom. The molecule has 25 heavy (non-hydrogen) atoms. The second-order valence-corrected chi connectivity index (χ2v) is 5.91. The van der Waals surface area contributed by atoms with Crippen molar-refractivity contribution in [3.63, 3.8) is 0 Å². The number of aromatic nitrogens is 1. The van der Waals surface area contributed by atoms with E-state index in [4.69, 9.17) is 15.2 Å². The third-order valence-electron chi connectivity index (χ3n) is 3.14. The Bertz CT molecular complexity index is 686. The SMILES string of the molecule is CCOc1cc(CNCc2ccncc2)cc(Br)c1OCC(N)=O.Cl. The topological polar surface area (TPSA) is 86.5 Å². The molecular weight excluding hydrogens is 410 g/mol. The fourth-order valence-corrected chi connectivity index (χ4v) is 2.73. The minimum Gasteiger partial charge on any atom is -0.490 e. The molecule has 0 saturated carbocycles. The van der Waals surface area contributed by atoms with Crippen molar-refractivity contribution < 1.29 is 14.3 Å². The number of halogens is 2. The maximum atomic E-state index is 10.9. The van der Waals surface area contributed by atoms with E-state index >= 15 is 0 Å². The highest BCUT2D eigenvalue weighted by molar-refractivity contribution is 9.10. The molecule has 0 bridgehead atoms. The van der Waals surface area contributed by atoms with E-state index in [2.05, 4.69) is 26.2 Å². The van der Waals surface area contributed by atoms with Crippen LogP contribution in [0.15, 0.2) is 41.1 Å². The molecule has 0 aliphatic heterocycles. The van der Waals surface area contributed by atoms with E-state index in [1.54, 1.807) is 12.4 Å². The summed E-state index contributed by atoms with van der Waals surface area (Å²) >= 11 is 3.46. The van der Waals surface area contributed by atoms with E-state index in [0.717, 1.165) is 22.1 Å². The highest BCUT2D eigenvalue weighted by atomic mass is 79.9. The van der Waals surface area contributed by atoms with Crippen LogP contribution >= 0.6 is 28.3 Å². The lowest BCUT2D eigenvalue weighted by Crippen LogP contribution is -2.20. The zero-order valence-electron chi connectivity index (χ0n) is 13.8. The molecule has 0 spiro atoms. The zero-order valence-corrected chi connectivity index (χ0v) is 16.2. The van der Waals surface area contributed by atoms with E-state index < -0.39 is 5.91 Å². The van der Waals surface area contributed by atoms with Gasteiger partial charge < -0.3 is 20.5 Å². The van der Waals surface area contributed by atoms with Crippen LogP contribution in [0.1, 0.15) is 18.1 Å². The number of hydrogen-bond donors (Lipinski definition) is 2. The Morgan fingerprint density at radius 1 is 1.20 bits per heavy atom. The largest absolute Gasteiger partial charge is 0.490 e. The minimum atomic E-state index is -0.535. The molecule has 1 heterocycles. The third kappa shape index (κ3) is 6.89. The van der Waals surface area contributed by atoms with Gasteiger partial charge in [-0.2, -0.15) is 0 Å². The number of benzene rings is 1. The molecule has 0 radical (unpaired) electrons. The maximum Gasteiger partial charge on any atom is 0.255 e. The number of pyridine rings is 1. The van der Waals surface area contributed by atoms with Gasteiger partial charge in [-0.05, 0) is 58.2 Å². The van der Waals surface area contributed by atoms with Crippen molar-refractivity contribution in [2.24, 2.45) is 5.73 Å². The van der Waals surface area contributed by atoms with Crippen LogP contribution < -0.4 is 20.5 Å². The molecule has 1 aromatic heterocycles. The van der Waals surface area contributed by atoms with Gasteiger partial charge in [0, 0.05) is 25.5 Å². The summed E-state index contributed by atoms with van der Waals surface area (Å²) in [6.07, 6.45) is 3.54. The molecule has 0 atom stereocenters. The van der Waals surface area contributed by atoms with Crippen molar-refractivity contribution in [3.05, 3.63) is 52.3 Å². The summed E-state index contributed by atoms with van der Waals surface area (Å²) < 4.78 is 11.8. The zero-order chi connectivity index (χ0) is 17.4. The number of nitrogens with one attached hydrogen (secondary N) is 1. The van der Waals surface area contributed by atoms with E-state index in [9.17, 15) is 4.79 Å². The molecule has 3 N–H and O–H groups in total. The lowest BCUT2D eigenvalue weighted by atomic mass is 10.2. The van der Waals surface area contributed by atoms with Gasteiger partial charge in [0.2, 0.25) is 0 Å². The summed E-state index contributed by atoms with van der Waals surface area (Å²) in [6, 6.07) is 7.76. The minimum absolute atomic E-state index is 0. The highest BCUT2D eigenvalue weighted by Crippen LogP contribution is 2.37. The van der Waals surface area contributed by atoms with Crippen molar-refractivity contribution in [1.82, 2.24) is 10.3 Å². The maximum absolute atomic E-state index is 10.9. The summed E-state index contributed by atoms with van der Waals surface area (Å²) in [5, 5.41) is 3.37. The predicted molar refractivity (Wildman–Crippen MR) is 102 cm³/mol. The summed E-state index contributed by atoms with van der Waals surface area (Å²) in [6.45, 7) is 3.59. The number of nitrogens with two attached hydrogens (primary N) is 1. The first-order valence-corrected chi connectivity index (χ1v) is 8.35. The first-order chi connectivity index (χ1) is 11.6. The summed E-state index contributed by atoms with van der Waals surface area (Å²) in [5.41, 5.74) is 7.33. The van der Waals surface area contributed by atoms with Crippen LogP contribution in [0.5, 0.6) is 11.5 Å². The normalized spacial score (nSPS) is 10.0. The number of hydrogen-bond acceptors (Lipinski definition) is 5. The van der Waals surface area contributed by atoms with Crippen molar-refractivity contribution in [2.75, 3.05) is 13.2 Å². The van der Waals surface area contributed by atoms with Crippen LogP contribution in [0.4, 0.5) is 0 Å². The lowest BCUT2D eigenvalue weighted by molar-refractivity contribution is -0.119. The number of nitrogens with zero attached hydrogens (tertiary/aromatic N) is 1. The molecule has 136 valence electrons. The standard InChI is InChI=1S/C17H20BrN3O3.ClH/c1-2-23-15-8-13(7-14(18)17(15)24-11-16(19)22)10-21-9-12-3-5-20-6-4-12;/h3-8,21H,2,9-11H2,1H3,(H2,19,22);1H. The van der Waals surface area contributed by atoms with Gasteiger partial charge in [0.25, 0.3) is 5.91 Å². The van der Waals surface area contributed by atoms with Gasteiger partial charge in [0.15, 0.2) is 18.1 Å². The number of carbonyl (C=O) groups excluding carboxylic acids is 1. The molecule has 0 aliphatic carbocycles. The molecule has 2 rings (SSSR count). The number of ether oxygens (including phenoxy) is 2. The molecular formula is C17H21BrClN3O3. The fourth-order valence-electron chi connectivity index (χ4n) is 2.12. The van der Waals surface area contributed by atoms with Crippen molar-refractivity contribution in [2.45, 2.75) is 20.0 Å². The Kier molecular flexibility index (Phi) is 9.26. The average molecular weight is 431 g/mol. The van der Waals surface area contributed by atoms with Gasteiger partial charge in [0.05, 0.1) is 11.1 Å². The molecule has 1 aromatic carbocycles. The third-order valence-corrected chi connectivity index (χ3v) is 3.72. The predicted octanol–water partition coefficient (Wildman–Crippen LogP) is 2.82. The molecule has 8 heteroatoms. The smallest absolute Gasteiger partial charge is 0.255 e. The number of primary amides is 1. The van der Waals surface area contributed by atoms with E-state index in [1.807, 2.05) is 31.2 Å². The van der Waals surface area contributed by atoms with Gasteiger partial charge in [-0.25, -0.2) is 0 Å². The van der Waals surface area contributed by atoms with Crippen molar-refractivity contribution in [3.8, 4) is 11.5 Å². The Morgan fingerprint density at radius 3 is 2.52 bits per heavy atom. The van der Waals surface area contributed by atoms with Gasteiger partial charge >= 0.3 is 0 Å². The quantitative estimate of drug-likeness (QED) is 0.639. The molecule has 0 unspecified atom stereocenters. The van der Waals surface area contributed by atoms with Crippen LogP contribution in [-0.4, -0.2) is 24.1 Å². The first-order valence-electron chi connectivity index (χ1n) is 7.56. The second-order valence-electron chi connectivity index (χ2n) is 5.05. The van der Waals surface area contributed by atoms with Crippen molar-refractivity contribution >= 4 is 34.2 Å². The molecule has 1 amide bonds. The van der Waals surface area contributed by atoms with Crippen LogP contribution in [0.3, 0.4) is 0 Å².